The molecule has 2 aliphatic heterocycles. The van der Waals surface area contributed by atoms with Crippen LogP contribution in [0.3, 0.4) is 0 Å². The first-order valence-corrected chi connectivity index (χ1v) is 10.7. The van der Waals surface area contributed by atoms with Crippen LogP contribution in [-0.4, -0.2) is 70.8 Å². The monoisotopic (exact) mass is 379 g/mol. The Bertz CT molecular complexity index is 767. The number of fused-ring (bicyclic) bond motifs is 1. The zero-order valence-electron chi connectivity index (χ0n) is 17.1. The average Bonchev–Trinajstić information content (AvgIpc) is 2.83. The molecule has 0 atom stereocenters. The molecule has 2 aromatic rings. The molecular formula is C23H33N5. The molecule has 0 amide bonds. The van der Waals surface area contributed by atoms with Crippen LogP contribution in [0.1, 0.15) is 29.8 Å². The smallest absolute Gasteiger partial charge is 0.0768 e. The highest BCUT2D eigenvalue weighted by Gasteiger charge is 2.18. The van der Waals surface area contributed by atoms with E-state index < -0.39 is 0 Å². The molecular weight excluding hydrogens is 346 g/mol. The molecule has 4 rings (SSSR count). The number of hydrogen-bond acceptors (Lipinski definition) is 4. The molecule has 3 heterocycles. The second-order valence-corrected chi connectivity index (χ2v) is 8.18. The van der Waals surface area contributed by atoms with E-state index in [-0.39, 0.29) is 0 Å². The van der Waals surface area contributed by atoms with Gasteiger partial charge in [0.2, 0.25) is 0 Å². The van der Waals surface area contributed by atoms with Gasteiger partial charge in [0.15, 0.2) is 0 Å². The van der Waals surface area contributed by atoms with Gasteiger partial charge in [-0.2, -0.15) is 5.10 Å². The summed E-state index contributed by atoms with van der Waals surface area (Å²) in [5.41, 5.74) is 3.88. The first-order chi connectivity index (χ1) is 13.8. The highest BCUT2D eigenvalue weighted by molar-refractivity contribution is 5.48. The van der Waals surface area contributed by atoms with Crippen LogP contribution in [0.2, 0.25) is 0 Å². The largest absolute Gasteiger partial charge is 0.305 e. The van der Waals surface area contributed by atoms with E-state index in [4.69, 9.17) is 5.10 Å². The van der Waals surface area contributed by atoms with Gasteiger partial charge in [-0.3, -0.25) is 14.5 Å². The van der Waals surface area contributed by atoms with Crippen LogP contribution in [0.4, 0.5) is 0 Å². The fraction of sp³-hybridized carbons (Fsp3) is 0.522. The fourth-order valence-electron chi connectivity index (χ4n) is 4.21. The van der Waals surface area contributed by atoms with Gasteiger partial charge in [0.25, 0.3) is 0 Å². The van der Waals surface area contributed by atoms with Crippen molar-refractivity contribution in [3.8, 4) is 0 Å². The van der Waals surface area contributed by atoms with E-state index in [9.17, 15) is 0 Å². The van der Waals surface area contributed by atoms with Crippen LogP contribution in [0.25, 0.3) is 6.08 Å². The molecule has 0 saturated carbocycles. The average molecular weight is 380 g/mol. The van der Waals surface area contributed by atoms with Crippen molar-refractivity contribution in [3.63, 3.8) is 0 Å². The molecule has 1 aromatic heterocycles. The van der Waals surface area contributed by atoms with Crippen molar-refractivity contribution < 1.29 is 0 Å². The Morgan fingerprint density at radius 3 is 2.64 bits per heavy atom. The van der Waals surface area contributed by atoms with Crippen LogP contribution in [0.15, 0.2) is 42.5 Å². The summed E-state index contributed by atoms with van der Waals surface area (Å²) in [5, 5.41) is 4.93. The first kappa shape index (κ1) is 19.4. The van der Waals surface area contributed by atoms with Gasteiger partial charge in [-0.25, -0.2) is 0 Å². The van der Waals surface area contributed by atoms with E-state index in [1.807, 2.05) is 0 Å². The summed E-state index contributed by atoms with van der Waals surface area (Å²) in [5.74, 6) is 0. The predicted molar refractivity (Wildman–Crippen MR) is 115 cm³/mol. The van der Waals surface area contributed by atoms with Gasteiger partial charge in [0.05, 0.1) is 11.4 Å². The second kappa shape index (κ2) is 9.50. The maximum atomic E-state index is 4.93. The molecule has 1 saturated heterocycles. The third kappa shape index (κ3) is 5.31. The molecule has 5 heteroatoms. The van der Waals surface area contributed by atoms with Gasteiger partial charge in [0.1, 0.15) is 0 Å². The van der Waals surface area contributed by atoms with Gasteiger partial charge in [-0.05, 0) is 44.6 Å². The summed E-state index contributed by atoms with van der Waals surface area (Å²) in [6.07, 6.45) is 6.94. The van der Waals surface area contributed by atoms with E-state index in [0.717, 1.165) is 45.8 Å². The van der Waals surface area contributed by atoms with Crippen LogP contribution in [0, 0.1) is 0 Å². The standard InChI is InChI=1S/C23H33N5/c1-25-11-6-13-27(17-16-25)19-22-18-23-20-26(14-7-15-28(23)24-22)12-5-10-21-8-3-2-4-9-21/h2-5,8-10,18H,6-7,11-17,19-20H2,1H3. The van der Waals surface area contributed by atoms with Gasteiger partial charge in [-0.1, -0.05) is 42.5 Å². The summed E-state index contributed by atoms with van der Waals surface area (Å²) in [6.45, 7) is 9.85. The summed E-state index contributed by atoms with van der Waals surface area (Å²) in [7, 11) is 2.23. The zero-order valence-corrected chi connectivity index (χ0v) is 17.1. The Kier molecular flexibility index (Phi) is 6.57. The van der Waals surface area contributed by atoms with E-state index >= 15 is 0 Å². The summed E-state index contributed by atoms with van der Waals surface area (Å²) in [4.78, 5) is 7.53. The van der Waals surface area contributed by atoms with Crippen molar-refractivity contribution in [2.45, 2.75) is 32.5 Å². The number of rotatable bonds is 5. The van der Waals surface area contributed by atoms with Crippen LogP contribution >= 0.6 is 0 Å². The molecule has 2 aliphatic rings. The molecule has 150 valence electrons. The first-order valence-electron chi connectivity index (χ1n) is 10.7. The van der Waals surface area contributed by atoms with Gasteiger partial charge < -0.3 is 4.90 Å². The fourth-order valence-corrected chi connectivity index (χ4v) is 4.21. The lowest BCUT2D eigenvalue weighted by Gasteiger charge is -2.19. The molecule has 0 aliphatic carbocycles. The molecule has 0 bridgehead atoms. The molecule has 1 fully saturated rings. The Labute approximate surface area is 169 Å². The topological polar surface area (TPSA) is 27.5 Å². The minimum absolute atomic E-state index is 0.988. The third-order valence-electron chi connectivity index (χ3n) is 5.81. The quantitative estimate of drug-likeness (QED) is 0.798. The second-order valence-electron chi connectivity index (χ2n) is 8.18. The predicted octanol–water partition coefficient (Wildman–Crippen LogP) is 2.94. The third-order valence-corrected chi connectivity index (χ3v) is 5.81. The molecule has 0 unspecified atom stereocenters. The molecule has 1 aromatic carbocycles. The molecule has 0 N–H and O–H groups in total. The van der Waals surface area contributed by atoms with Crippen LogP contribution in [0.5, 0.6) is 0 Å². The molecule has 0 spiro atoms. The summed E-state index contributed by atoms with van der Waals surface area (Å²) < 4.78 is 2.25. The number of likely N-dealkylation sites (N-methyl/N-ethyl adjacent to an activating group) is 1. The number of nitrogens with zero attached hydrogens (tertiary/aromatic N) is 5. The highest BCUT2D eigenvalue weighted by atomic mass is 15.3. The molecule has 28 heavy (non-hydrogen) atoms. The molecule has 5 nitrogen and oxygen atoms in total. The van der Waals surface area contributed by atoms with E-state index in [0.29, 0.717) is 0 Å². The van der Waals surface area contributed by atoms with Crippen molar-refractivity contribution in [2.75, 3.05) is 46.3 Å². The van der Waals surface area contributed by atoms with E-state index in [2.05, 4.69) is 75.0 Å². The minimum Gasteiger partial charge on any atom is -0.305 e. The van der Waals surface area contributed by atoms with Crippen molar-refractivity contribution in [1.29, 1.82) is 0 Å². The van der Waals surface area contributed by atoms with Crippen molar-refractivity contribution in [2.24, 2.45) is 0 Å². The lowest BCUT2D eigenvalue weighted by atomic mass is 10.2. The number of benzene rings is 1. The minimum atomic E-state index is 0.988. The number of aromatic nitrogens is 2. The SMILES string of the molecule is CN1CCCN(Cc2cc3n(n2)CCCN(CC=Cc2ccccc2)C3)CC1. The Morgan fingerprint density at radius 1 is 0.929 bits per heavy atom. The normalized spacial score (nSPS) is 20.2. The highest BCUT2D eigenvalue weighted by Crippen LogP contribution is 2.16. The Morgan fingerprint density at radius 2 is 1.75 bits per heavy atom. The van der Waals surface area contributed by atoms with Crippen molar-refractivity contribution in [3.05, 3.63) is 59.4 Å². The molecule has 0 radical (unpaired) electrons. The van der Waals surface area contributed by atoms with E-state index in [1.54, 1.807) is 0 Å². The Hall–Kier alpha value is -1.95. The lowest BCUT2D eigenvalue weighted by molar-refractivity contribution is 0.265. The van der Waals surface area contributed by atoms with E-state index in [1.165, 1.54) is 42.9 Å². The number of hydrogen-bond donors (Lipinski definition) is 0. The van der Waals surface area contributed by atoms with Crippen LogP contribution < -0.4 is 0 Å². The van der Waals surface area contributed by atoms with Gasteiger partial charge in [-0.15, -0.1) is 0 Å². The lowest BCUT2D eigenvalue weighted by Crippen LogP contribution is -2.28. The van der Waals surface area contributed by atoms with Gasteiger partial charge in [0, 0.05) is 45.8 Å². The van der Waals surface area contributed by atoms with Crippen molar-refractivity contribution >= 4 is 6.08 Å². The summed E-state index contributed by atoms with van der Waals surface area (Å²) in [6, 6.07) is 12.9. The maximum Gasteiger partial charge on any atom is 0.0768 e. The summed E-state index contributed by atoms with van der Waals surface area (Å²) >= 11 is 0. The Balaban J connectivity index is 1.34. The van der Waals surface area contributed by atoms with Crippen molar-refractivity contribution in [1.82, 2.24) is 24.5 Å². The van der Waals surface area contributed by atoms with Crippen LogP contribution in [-0.2, 0) is 19.6 Å². The number of aryl methyl sites for hydroxylation is 1. The van der Waals surface area contributed by atoms with Gasteiger partial charge >= 0.3 is 0 Å². The maximum absolute atomic E-state index is 4.93. The zero-order chi connectivity index (χ0) is 19.2.